The minimum absolute atomic E-state index is 0.152. The van der Waals surface area contributed by atoms with E-state index in [0.717, 1.165) is 19.3 Å². The SMILES string of the molecule is CCCCCCC(=O)NC(CN)CC(C)C. The van der Waals surface area contributed by atoms with Crippen molar-refractivity contribution in [3.63, 3.8) is 0 Å². The lowest BCUT2D eigenvalue weighted by molar-refractivity contribution is -0.121. The van der Waals surface area contributed by atoms with Crippen LogP contribution in [0.1, 0.15) is 59.3 Å². The molecule has 0 aliphatic rings. The van der Waals surface area contributed by atoms with Crippen molar-refractivity contribution in [1.29, 1.82) is 0 Å². The molecule has 0 spiro atoms. The molecule has 0 bridgehead atoms. The van der Waals surface area contributed by atoms with Gasteiger partial charge in [0.2, 0.25) is 5.91 Å². The van der Waals surface area contributed by atoms with E-state index in [2.05, 4.69) is 26.1 Å². The van der Waals surface area contributed by atoms with E-state index in [1.807, 2.05) is 0 Å². The van der Waals surface area contributed by atoms with Crippen molar-refractivity contribution in [2.75, 3.05) is 6.54 Å². The topological polar surface area (TPSA) is 55.1 Å². The zero-order chi connectivity index (χ0) is 12.4. The Balaban J connectivity index is 3.66. The normalized spacial score (nSPS) is 12.8. The molecule has 3 heteroatoms. The molecule has 0 aromatic rings. The summed E-state index contributed by atoms with van der Waals surface area (Å²) in [6, 6.07) is 0.152. The second kappa shape index (κ2) is 9.64. The van der Waals surface area contributed by atoms with Crippen LogP contribution in [-0.2, 0) is 4.79 Å². The second-order valence-corrected chi connectivity index (χ2v) is 4.94. The smallest absolute Gasteiger partial charge is 0.220 e. The Morgan fingerprint density at radius 1 is 1.25 bits per heavy atom. The Hall–Kier alpha value is -0.570. The second-order valence-electron chi connectivity index (χ2n) is 4.94. The maximum Gasteiger partial charge on any atom is 0.220 e. The maximum absolute atomic E-state index is 11.6. The average molecular weight is 228 g/mol. The summed E-state index contributed by atoms with van der Waals surface area (Å²) in [5.41, 5.74) is 5.63. The lowest BCUT2D eigenvalue weighted by Gasteiger charge is -2.18. The molecular weight excluding hydrogens is 200 g/mol. The summed E-state index contributed by atoms with van der Waals surface area (Å²) < 4.78 is 0. The first-order chi connectivity index (χ1) is 7.60. The Kier molecular flexibility index (Phi) is 9.30. The Bertz CT molecular complexity index is 181. The van der Waals surface area contributed by atoms with E-state index in [0.29, 0.717) is 18.9 Å². The Labute approximate surface area is 100 Å². The quantitative estimate of drug-likeness (QED) is 0.596. The van der Waals surface area contributed by atoms with Crippen LogP contribution in [0.3, 0.4) is 0 Å². The van der Waals surface area contributed by atoms with Crippen molar-refractivity contribution < 1.29 is 4.79 Å². The van der Waals surface area contributed by atoms with Crippen LogP contribution in [0.25, 0.3) is 0 Å². The number of amides is 1. The van der Waals surface area contributed by atoms with Crippen LogP contribution in [0, 0.1) is 5.92 Å². The molecule has 16 heavy (non-hydrogen) atoms. The first kappa shape index (κ1) is 15.4. The highest BCUT2D eigenvalue weighted by Gasteiger charge is 2.11. The average Bonchev–Trinajstić information content (AvgIpc) is 2.23. The number of rotatable bonds is 9. The fraction of sp³-hybridized carbons (Fsp3) is 0.923. The molecule has 1 amide bonds. The van der Waals surface area contributed by atoms with Gasteiger partial charge in [-0.2, -0.15) is 0 Å². The van der Waals surface area contributed by atoms with Gasteiger partial charge < -0.3 is 11.1 Å². The molecule has 0 saturated carbocycles. The molecule has 0 aromatic carbocycles. The van der Waals surface area contributed by atoms with Gasteiger partial charge >= 0.3 is 0 Å². The summed E-state index contributed by atoms with van der Waals surface area (Å²) in [6.45, 7) is 7.01. The fourth-order valence-electron chi connectivity index (χ4n) is 1.80. The molecule has 0 fully saturated rings. The lowest BCUT2D eigenvalue weighted by Crippen LogP contribution is -2.40. The van der Waals surface area contributed by atoms with Gasteiger partial charge in [0.15, 0.2) is 0 Å². The molecule has 3 nitrogen and oxygen atoms in total. The van der Waals surface area contributed by atoms with Gasteiger partial charge in [-0.05, 0) is 18.8 Å². The van der Waals surface area contributed by atoms with E-state index in [1.54, 1.807) is 0 Å². The standard InChI is InChI=1S/C13H28N2O/c1-4-5-6-7-8-13(16)15-12(10-14)9-11(2)3/h11-12H,4-10,14H2,1-3H3,(H,15,16). The monoisotopic (exact) mass is 228 g/mol. The highest BCUT2D eigenvalue weighted by atomic mass is 16.1. The number of carbonyl (C=O) groups excluding carboxylic acids is 1. The third kappa shape index (κ3) is 8.72. The molecule has 0 radical (unpaired) electrons. The lowest BCUT2D eigenvalue weighted by atomic mass is 10.0. The molecular formula is C13H28N2O. The molecule has 96 valence electrons. The summed E-state index contributed by atoms with van der Waals surface area (Å²) in [5, 5.41) is 3.01. The summed E-state index contributed by atoms with van der Waals surface area (Å²) in [7, 11) is 0. The van der Waals surface area contributed by atoms with E-state index in [9.17, 15) is 4.79 Å². The number of unbranched alkanes of at least 4 members (excludes halogenated alkanes) is 3. The van der Waals surface area contributed by atoms with Crippen LogP contribution in [-0.4, -0.2) is 18.5 Å². The van der Waals surface area contributed by atoms with Crippen LogP contribution in [0.15, 0.2) is 0 Å². The van der Waals surface area contributed by atoms with Gasteiger partial charge in [-0.3, -0.25) is 4.79 Å². The van der Waals surface area contributed by atoms with E-state index in [-0.39, 0.29) is 11.9 Å². The van der Waals surface area contributed by atoms with E-state index in [4.69, 9.17) is 5.73 Å². The van der Waals surface area contributed by atoms with Gasteiger partial charge in [0, 0.05) is 19.0 Å². The predicted molar refractivity (Wildman–Crippen MR) is 69.2 cm³/mol. The molecule has 1 unspecified atom stereocenters. The summed E-state index contributed by atoms with van der Waals surface area (Å²) in [5.74, 6) is 0.737. The molecule has 0 heterocycles. The van der Waals surface area contributed by atoms with Crippen LogP contribution in [0.5, 0.6) is 0 Å². The van der Waals surface area contributed by atoms with Crippen molar-refractivity contribution in [2.24, 2.45) is 11.7 Å². The minimum atomic E-state index is 0.152. The van der Waals surface area contributed by atoms with Crippen LogP contribution >= 0.6 is 0 Å². The molecule has 0 aromatic heterocycles. The van der Waals surface area contributed by atoms with Gasteiger partial charge in [-0.15, -0.1) is 0 Å². The van der Waals surface area contributed by atoms with Gasteiger partial charge in [0.25, 0.3) is 0 Å². The number of hydrogen-bond acceptors (Lipinski definition) is 2. The minimum Gasteiger partial charge on any atom is -0.352 e. The largest absolute Gasteiger partial charge is 0.352 e. The number of nitrogens with one attached hydrogen (secondary N) is 1. The first-order valence-electron chi connectivity index (χ1n) is 6.59. The Morgan fingerprint density at radius 2 is 1.94 bits per heavy atom. The number of carbonyl (C=O) groups is 1. The molecule has 3 N–H and O–H groups in total. The molecule has 0 saturated heterocycles. The maximum atomic E-state index is 11.6. The van der Waals surface area contributed by atoms with Crippen molar-refractivity contribution >= 4 is 5.91 Å². The summed E-state index contributed by atoms with van der Waals surface area (Å²) in [4.78, 5) is 11.6. The van der Waals surface area contributed by atoms with E-state index in [1.165, 1.54) is 12.8 Å². The third-order valence-corrected chi connectivity index (χ3v) is 2.66. The number of nitrogens with two attached hydrogens (primary N) is 1. The van der Waals surface area contributed by atoms with Crippen molar-refractivity contribution in [3.05, 3.63) is 0 Å². The van der Waals surface area contributed by atoms with Gasteiger partial charge in [-0.1, -0.05) is 40.0 Å². The highest BCUT2D eigenvalue weighted by Crippen LogP contribution is 2.05. The van der Waals surface area contributed by atoms with Gasteiger partial charge in [-0.25, -0.2) is 0 Å². The van der Waals surface area contributed by atoms with Crippen LogP contribution in [0.4, 0.5) is 0 Å². The Morgan fingerprint density at radius 3 is 2.44 bits per heavy atom. The van der Waals surface area contributed by atoms with Crippen molar-refractivity contribution in [2.45, 2.75) is 65.3 Å². The first-order valence-corrected chi connectivity index (χ1v) is 6.59. The molecule has 1 atom stereocenters. The van der Waals surface area contributed by atoms with Gasteiger partial charge in [0.05, 0.1) is 0 Å². The number of hydrogen-bond donors (Lipinski definition) is 2. The van der Waals surface area contributed by atoms with Crippen LogP contribution < -0.4 is 11.1 Å². The summed E-state index contributed by atoms with van der Waals surface area (Å²) in [6.07, 6.45) is 6.20. The molecule has 0 rings (SSSR count). The molecule has 0 aliphatic carbocycles. The van der Waals surface area contributed by atoms with E-state index < -0.39 is 0 Å². The highest BCUT2D eigenvalue weighted by molar-refractivity contribution is 5.76. The van der Waals surface area contributed by atoms with Crippen molar-refractivity contribution in [1.82, 2.24) is 5.32 Å². The zero-order valence-corrected chi connectivity index (χ0v) is 11.1. The zero-order valence-electron chi connectivity index (χ0n) is 11.1. The molecule has 0 aliphatic heterocycles. The van der Waals surface area contributed by atoms with Gasteiger partial charge in [0.1, 0.15) is 0 Å². The fourth-order valence-corrected chi connectivity index (χ4v) is 1.80. The predicted octanol–water partition coefficient (Wildman–Crippen LogP) is 2.45. The summed E-state index contributed by atoms with van der Waals surface area (Å²) >= 11 is 0. The van der Waals surface area contributed by atoms with Crippen LogP contribution in [0.2, 0.25) is 0 Å². The van der Waals surface area contributed by atoms with Crippen molar-refractivity contribution in [3.8, 4) is 0 Å². The van der Waals surface area contributed by atoms with E-state index >= 15 is 0 Å². The third-order valence-electron chi connectivity index (χ3n) is 2.66.